The topological polar surface area (TPSA) is 56.2 Å². The van der Waals surface area contributed by atoms with E-state index in [1.54, 1.807) is 0 Å². The number of rotatable bonds is 3. The van der Waals surface area contributed by atoms with Crippen molar-refractivity contribution < 1.29 is 9.53 Å². The molecule has 0 aliphatic carbocycles. The van der Waals surface area contributed by atoms with E-state index >= 15 is 0 Å². The number of hydrogen-bond acceptors (Lipinski definition) is 4. The van der Waals surface area contributed by atoms with Gasteiger partial charge in [-0.25, -0.2) is 4.98 Å². The summed E-state index contributed by atoms with van der Waals surface area (Å²) < 4.78 is 7.51. The van der Waals surface area contributed by atoms with Crippen molar-refractivity contribution in [1.82, 2.24) is 14.9 Å². The molecular formula is C17H27N3O2. The van der Waals surface area contributed by atoms with Crippen molar-refractivity contribution in [3.05, 3.63) is 17.7 Å². The highest BCUT2D eigenvalue weighted by Gasteiger charge is 2.33. The number of carbonyl (C=O) groups is 1. The Hall–Kier alpha value is -1.36. The molecular weight excluding hydrogens is 278 g/mol. The van der Waals surface area contributed by atoms with E-state index in [2.05, 4.69) is 36.9 Å². The van der Waals surface area contributed by atoms with Gasteiger partial charge < -0.3 is 14.6 Å². The van der Waals surface area contributed by atoms with Gasteiger partial charge in [0.05, 0.1) is 5.69 Å². The van der Waals surface area contributed by atoms with Gasteiger partial charge in [-0.15, -0.1) is 0 Å². The maximum atomic E-state index is 11.7. The number of nitrogens with one attached hydrogen (secondary N) is 1. The largest absolute Gasteiger partial charge is 0.461 e. The molecule has 1 N–H and O–H groups in total. The summed E-state index contributed by atoms with van der Waals surface area (Å²) in [4.78, 5) is 16.6. The van der Waals surface area contributed by atoms with Crippen LogP contribution in [0.5, 0.6) is 0 Å². The van der Waals surface area contributed by atoms with Crippen molar-refractivity contribution in [2.24, 2.45) is 0 Å². The van der Waals surface area contributed by atoms with Crippen LogP contribution in [0.4, 0.5) is 0 Å². The lowest BCUT2D eigenvalue weighted by molar-refractivity contribution is -0.142. The summed E-state index contributed by atoms with van der Waals surface area (Å²) in [6, 6.07) is -0.151. The molecule has 1 aromatic heterocycles. The first-order valence-electron chi connectivity index (χ1n) is 8.36. The molecule has 3 atom stereocenters. The number of esters is 1. The van der Waals surface area contributed by atoms with E-state index < -0.39 is 0 Å². The Morgan fingerprint density at radius 2 is 2.23 bits per heavy atom. The smallest absolute Gasteiger partial charge is 0.323 e. The van der Waals surface area contributed by atoms with Crippen LogP contribution in [-0.2, 0) is 21.5 Å². The summed E-state index contributed by atoms with van der Waals surface area (Å²) in [5.74, 6) is 1.44. The number of aryl methyl sites for hydroxylation is 1. The molecule has 0 spiro atoms. The second kappa shape index (κ2) is 5.69. The van der Waals surface area contributed by atoms with Crippen molar-refractivity contribution in [1.29, 1.82) is 0 Å². The van der Waals surface area contributed by atoms with Crippen LogP contribution in [0.25, 0.3) is 0 Å². The molecule has 3 rings (SSSR count). The zero-order chi connectivity index (χ0) is 15.9. The predicted molar refractivity (Wildman–Crippen MR) is 84.9 cm³/mol. The fourth-order valence-electron chi connectivity index (χ4n) is 3.33. The van der Waals surface area contributed by atoms with Crippen molar-refractivity contribution in [2.45, 2.75) is 77.0 Å². The second-order valence-corrected chi connectivity index (χ2v) is 7.71. The van der Waals surface area contributed by atoms with Crippen LogP contribution in [0, 0.1) is 0 Å². The van der Waals surface area contributed by atoms with Crippen LogP contribution in [0.3, 0.4) is 0 Å². The fraction of sp³-hybridized carbons (Fsp3) is 0.765. The third-order valence-corrected chi connectivity index (χ3v) is 4.67. The summed E-state index contributed by atoms with van der Waals surface area (Å²) >= 11 is 0. The summed E-state index contributed by atoms with van der Waals surface area (Å²) in [5, 5.41) is 3.39. The highest BCUT2D eigenvalue weighted by atomic mass is 16.6. The number of fused-ring (bicyclic) bond motifs is 1. The number of carbonyl (C=O) groups excluding carboxylic acids is 1. The molecule has 1 saturated heterocycles. The van der Waals surface area contributed by atoms with E-state index in [1.807, 2.05) is 6.92 Å². The molecule has 5 heteroatoms. The molecule has 0 aromatic carbocycles. The Kier molecular flexibility index (Phi) is 4.02. The second-order valence-electron chi connectivity index (χ2n) is 7.71. The van der Waals surface area contributed by atoms with Crippen LogP contribution in [0.1, 0.15) is 64.4 Å². The minimum Gasteiger partial charge on any atom is -0.461 e. The Balaban J connectivity index is 1.69. The number of ether oxygens (including phenoxy) is 1. The van der Waals surface area contributed by atoms with E-state index in [-0.39, 0.29) is 23.5 Å². The number of aromatic nitrogens is 2. The van der Waals surface area contributed by atoms with Gasteiger partial charge in [-0.05, 0) is 19.8 Å². The van der Waals surface area contributed by atoms with E-state index in [0.29, 0.717) is 5.92 Å². The Morgan fingerprint density at radius 3 is 2.86 bits per heavy atom. The lowest BCUT2D eigenvalue weighted by atomic mass is 9.93. The standard InChI is InChI=1S/C17H27N3O2/c1-11-8-13(16(21)22-11)18-9-12-6-5-7-20-10-14(17(2,3)4)19-15(12)20/h10-13,18H,5-9H2,1-4H3. The maximum absolute atomic E-state index is 11.7. The molecule has 2 aliphatic heterocycles. The van der Waals surface area contributed by atoms with Gasteiger partial charge in [-0.3, -0.25) is 4.79 Å². The molecule has 122 valence electrons. The monoisotopic (exact) mass is 305 g/mol. The lowest BCUT2D eigenvalue weighted by Gasteiger charge is -2.24. The zero-order valence-electron chi connectivity index (χ0n) is 14.1. The van der Waals surface area contributed by atoms with Crippen LogP contribution in [-0.4, -0.2) is 34.2 Å². The normalized spacial score (nSPS) is 28.5. The molecule has 5 nitrogen and oxygen atoms in total. The molecule has 0 amide bonds. The molecule has 22 heavy (non-hydrogen) atoms. The molecule has 0 radical (unpaired) electrons. The van der Waals surface area contributed by atoms with Crippen LogP contribution in [0.2, 0.25) is 0 Å². The third-order valence-electron chi connectivity index (χ3n) is 4.67. The molecule has 0 bridgehead atoms. The SMILES string of the molecule is CC1CC(NCC2CCCn3cc(C(C)(C)C)nc32)C(=O)O1. The van der Waals surface area contributed by atoms with Gasteiger partial charge in [0.15, 0.2) is 0 Å². The van der Waals surface area contributed by atoms with Crippen molar-refractivity contribution in [2.75, 3.05) is 6.54 Å². The van der Waals surface area contributed by atoms with Crippen LogP contribution in [0.15, 0.2) is 6.20 Å². The summed E-state index contributed by atoms with van der Waals surface area (Å²) in [6.07, 6.45) is 5.31. The minimum atomic E-state index is -0.151. The minimum absolute atomic E-state index is 0.0332. The Morgan fingerprint density at radius 1 is 1.45 bits per heavy atom. The maximum Gasteiger partial charge on any atom is 0.323 e. The first-order valence-corrected chi connectivity index (χ1v) is 8.36. The van der Waals surface area contributed by atoms with Crippen molar-refractivity contribution >= 4 is 5.97 Å². The van der Waals surface area contributed by atoms with Gasteiger partial charge in [0, 0.05) is 37.0 Å². The van der Waals surface area contributed by atoms with Gasteiger partial charge in [-0.2, -0.15) is 0 Å². The summed E-state index contributed by atoms with van der Waals surface area (Å²) in [7, 11) is 0. The van der Waals surface area contributed by atoms with Crippen molar-refractivity contribution in [3.63, 3.8) is 0 Å². The number of nitrogens with zero attached hydrogens (tertiary/aromatic N) is 2. The van der Waals surface area contributed by atoms with Crippen LogP contribution >= 0.6 is 0 Å². The third kappa shape index (κ3) is 3.05. The zero-order valence-corrected chi connectivity index (χ0v) is 14.1. The van der Waals surface area contributed by atoms with E-state index in [4.69, 9.17) is 9.72 Å². The average molecular weight is 305 g/mol. The summed E-state index contributed by atoms with van der Waals surface area (Å²) in [5.41, 5.74) is 1.23. The van der Waals surface area contributed by atoms with Crippen molar-refractivity contribution in [3.8, 4) is 0 Å². The molecule has 1 fully saturated rings. The molecule has 3 unspecified atom stereocenters. The molecule has 2 aliphatic rings. The average Bonchev–Trinajstić information content (AvgIpc) is 2.99. The van der Waals surface area contributed by atoms with Gasteiger partial charge in [-0.1, -0.05) is 20.8 Å². The van der Waals surface area contributed by atoms with E-state index in [0.717, 1.165) is 31.6 Å². The molecule has 0 saturated carbocycles. The fourth-order valence-corrected chi connectivity index (χ4v) is 3.33. The number of imidazole rings is 1. The lowest BCUT2D eigenvalue weighted by Crippen LogP contribution is -2.37. The Bertz CT molecular complexity index is 559. The molecule has 3 heterocycles. The quantitative estimate of drug-likeness (QED) is 0.871. The number of hydrogen-bond donors (Lipinski definition) is 1. The summed E-state index contributed by atoms with van der Waals surface area (Å²) in [6.45, 7) is 10.4. The highest BCUT2D eigenvalue weighted by Crippen LogP contribution is 2.30. The first kappa shape index (κ1) is 15.5. The highest BCUT2D eigenvalue weighted by molar-refractivity contribution is 5.77. The van der Waals surface area contributed by atoms with Gasteiger partial charge in [0.2, 0.25) is 0 Å². The Labute approximate surface area is 132 Å². The van der Waals surface area contributed by atoms with Gasteiger partial charge in [0.25, 0.3) is 0 Å². The molecule has 1 aromatic rings. The van der Waals surface area contributed by atoms with E-state index in [9.17, 15) is 4.79 Å². The predicted octanol–water partition coefficient (Wildman–Crippen LogP) is 2.35. The van der Waals surface area contributed by atoms with Crippen LogP contribution < -0.4 is 5.32 Å². The van der Waals surface area contributed by atoms with Gasteiger partial charge >= 0.3 is 5.97 Å². The first-order chi connectivity index (χ1) is 10.3. The number of cyclic esters (lactones) is 1. The van der Waals surface area contributed by atoms with Gasteiger partial charge in [0.1, 0.15) is 18.0 Å². The van der Waals surface area contributed by atoms with E-state index in [1.165, 1.54) is 12.2 Å².